The van der Waals surface area contributed by atoms with Crippen molar-refractivity contribution in [1.82, 2.24) is 14.9 Å². The smallest absolute Gasteiger partial charge is 0.264 e. The van der Waals surface area contributed by atoms with Gasteiger partial charge in [0.05, 0.1) is 11.5 Å². The molecule has 0 saturated carbocycles. The lowest BCUT2D eigenvalue weighted by atomic mass is 10.0. The van der Waals surface area contributed by atoms with Crippen LogP contribution in [0.1, 0.15) is 12.5 Å². The van der Waals surface area contributed by atoms with Crippen molar-refractivity contribution in [3.8, 4) is 11.5 Å². The first-order chi connectivity index (χ1) is 17.1. The first kappa shape index (κ1) is 22.5. The Morgan fingerprint density at radius 3 is 2.71 bits per heavy atom. The van der Waals surface area contributed by atoms with E-state index in [2.05, 4.69) is 50.3 Å². The van der Waals surface area contributed by atoms with Gasteiger partial charge in [0.1, 0.15) is 13.2 Å². The molecule has 1 aliphatic rings. The Hall–Kier alpha value is -4.25. The third-order valence-corrected chi connectivity index (χ3v) is 6.26. The number of nitrogen functional groups attached to an aromatic ring is 1. The van der Waals surface area contributed by atoms with Gasteiger partial charge in [-0.05, 0) is 41.5 Å². The number of hydrazone groups is 1. The summed E-state index contributed by atoms with van der Waals surface area (Å²) in [6.07, 6.45) is 0. The average molecular weight is 490 g/mol. The molecule has 1 aromatic heterocycles. The minimum absolute atomic E-state index is 0.100. The summed E-state index contributed by atoms with van der Waals surface area (Å²) in [6, 6.07) is 19.5. The molecule has 11 heteroatoms. The molecular weight excluding hydrogens is 466 g/mol. The van der Waals surface area contributed by atoms with Crippen LogP contribution >= 0.6 is 11.8 Å². The lowest BCUT2D eigenvalue weighted by Gasteiger charge is -2.18. The number of anilines is 2. The van der Waals surface area contributed by atoms with Crippen molar-refractivity contribution in [2.24, 2.45) is 5.10 Å². The summed E-state index contributed by atoms with van der Waals surface area (Å²) in [5.74, 6) is 7.52. The van der Waals surface area contributed by atoms with Crippen LogP contribution < -0.4 is 26.1 Å². The maximum atomic E-state index is 12.4. The number of carbonyl (C=O) groups excluding carboxylic acids is 1. The number of hydrogen-bond donors (Lipinski definition) is 3. The van der Waals surface area contributed by atoms with Crippen LogP contribution in [0.5, 0.6) is 11.5 Å². The molecule has 0 saturated heterocycles. The zero-order valence-corrected chi connectivity index (χ0v) is 19.7. The van der Waals surface area contributed by atoms with Gasteiger partial charge in [-0.25, -0.2) is 10.1 Å². The van der Waals surface area contributed by atoms with Crippen LogP contribution in [0.15, 0.2) is 70.9 Å². The summed E-state index contributed by atoms with van der Waals surface area (Å²) in [5, 5.41) is 18.0. The molecule has 5 rings (SSSR count). The van der Waals surface area contributed by atoms with Gasteiger partial charge in [0, 0.05) is 11.8 Å². The molecule has 1 aliphatic heterocycles. The zero-order chi connectivity index (χ0) is 24.2. The molecule has 0 atom stereocenters. The van der Waals surface area contributed by atoms with Gasteiger partial charge in [-0.1, -0.05) is 48.2 Å². The number of carbonyl (C=O) groups is 1. The number of nitrogens with two attached hydrogens (primary N) is 1. The second-order valence-electron chi connectivity index (χ2n) is 7.74. The van der Waals surface area contributed by atoms with Gasteiger partial charge in [0.15, 0.2) is 11.5 Å². The highest BCUT2D eigenvalue weighted by molar-refractivity contribution is 7.99. The fourth-order valence-electron chi connectivity index (χ4n) is 3.51. The molecule has 4 aromatic rings. The van der Waals surface area contributed by atoms with Crippen LogP contribution in [-0.2, 0) is 4.79 Å². The van der Waals surface area contributed by atoms with Gasteiger partial charge >= 0.3 is 0 Å². The first-order valence-corrected chi connectivity index (χ1v) is 11.9. The van der Waals surface area contributed by atoms with Crippen molar-refractivity contribution >= 4 is 45.8 Å². The van der Waals surface area contributed by atoms with E-state index in [9.17, 15) is 4.79 Å². The van der Waals surface area contributed by atoms with Crippen LogP contribution in [0.2, 0.25) is 0 Å². The van der Waals surface area contributed by atoms with E-state index in [0.29, 0.717) is 35.6 Å². The molecule has 0 spiro atoms. The van der Waals surface area contributed by atoms with Crippen molar-refractivity contribution in [2.45, 2.75) is 12.1 Å². The molecule has 178 valence electrons. The normalized spacial score (nSPS) is 13.0. The van der Waals surface area contributed by atoms with Gasteiger partial charge in [0.2, 0.25) is 11.1 Å². The molecule has 0 aliphatic carbocycles. The summed E-state index contributed by atoms with van der Waals surface area (Å²) >= 11 is 1.16. The first-order valence-electron chi connectivity index (χ1n) is 10.9. The number of fused-ring (bicyclic) bond motifs is 2. The van der Waals surface area contributed by atoms with Crippen molar-refractivity contribution in [3.05, 3.63) is 66.2 Å². The number of ether oxygens (including phenoxy) is 2. The van der Waals surface area contributed by atoms with E-state index in [4.69, 9.17) is 15.3 Å². The summed E-state index contributed by atoms with van der Waals surface area (Å²) in [4.78, 5) is 12.4. The van der Waals surface area contributed by atoms with Crippen molar-refractivity contribution in [1.29, 1.82) is 0 Å². The molecule has 0 radical (unpaired) electrons. The predicted octanol–water partition coefficient (Wildman–Crippen LogP) is 3.48. The SMILES string of the molecule is C/C(=N\Nc1nnc(SCC(=O)Nc2ccc3c(c2)OCCO3)n1N)c1ccc2ccccc2c1. The number of amides is 1. The molecule has 4 N–H and O–H groups in total. The Morgan fingerprint density at radius 1 is 1.06 bits per heavy atom. The van der Waals surface area contributed by atoms with E-state index in [0.717, 1.165) is 28.4 Å². The number of benzene rings is 3. The standard InChI is InChI=1S/C24H23N7O3S/c1-15(17-7-6-16-4-2-3-5-18(16)12-17)27-28-23-29-30-24(31(23)25)35-14-22(32)26-19-8-9-20-21(13-19)34-11-10-33-20/h2-9,12-13H,10-11,14,25H2,1H3,(H,26,32)(H,28,29)/b27-15+. The van der Waals surface area contributed by atoms with Gasteiger partial charge in [-0.15, -0.1) is 10.2 Å². The Morgan fingerprint density at radius 2 is 1.86 bits per heavy atom. The zero-order valence-electron chi connectivity index (χ0n) is 18.9. The molecule has 0 unspecified atom stereocenters. The molecule has 3 aromatic carbocycles. The third-order valence-electron chi connectivity index (χ3n) is 5.31. The molecular formula is C24H23N7O3S. The van der Waals surface area contributed by atoms with E-state index in [1.807, 2.05) is 25.1 Å². The van der Waals surface area contributed by atoms with Crippen LogP contribution in [0.4, 0.5) is 11.6 Å². The highest BCUT2D eigenvalue weighted by Crippen LogP contribution is 2.32. The Bertz CT molecular complexity index is 1420. The number of thioether (sulfide) groups is 1. The Labute approximate surface area is 205 Å². The lowest BCUT2D eigenvalue weighted by molar-refractivity contribution is -0.113. The monoisotopic (exact) mass is 489 g/mol. The summed E-state index contributed by atoms with van der Waals surface area (Å²) in [5.41, 5.74) is 5.22. The number of nitrogens with one attached hydrogen (secondary N) is 2. The van der Waals surface area contributed by atoms with Crippen molar-refractivity contribution in [2.75, 3.05) is 35.6 Å². The van der Waals surface area contributed by atoms with E-state index in [1.54, 1.807) is 18.2 Å². The van der Waals surface area contributed by atoms with E-state index < -0.39 is 0 Å². The van der Waals surface area contributed by atoms with E-state index in [1.165, 1.54) is 10.1 Å². The molecule has 1 amide bonds. The topological polar surface area (TPSA) is 129 Å². The molecule has 2 heterocycles. The Balaban J connectivity index is 1.18. The van der Waals surface area contributed by atoms with E-state index in [-0.39, 0.29) is 17.6 Å². The molecule has 0 bridgehead atoms. The van der Waals surface area contributed by atoms with Crippen LogP contribution in [0.3, 0.4) is 0 Å². The predicted molar refractivity (Wildman–Crippen MR) is 137 cm³/mol. The van der Waals surface area contributed by atoms with E-state index >= 15 is 0 Å². The second kappa shape index (κ2) is 9.94. The van der Waals surface area contributed by atoms with Gasteiger partial charge in [-0.3, -0.25) is 4.79 Å². The fourth-order valence-corrected chi connectivity index (χ4v) is 4.17. The Kier molecular flexibility index (Phi) is 6.40. The average Bonchev–Trinajstić information content (AvgIpc) is 3.24. The summed E-state index contributed by atoms with van der Waals surface area (Å²) < 4.78 is 12.3. The minimum Gasteiger partial charge on any atom is -0.486 e. The quantitative estimate of drug-likeness (QED) is 0.156. The second-order valence-corrected chi connectivity index (χ2v) is 8.68. The van der Waals surface area contributed by atoms with Crippen LogP contribution in [-0.4, -0.2) is 45.5 Å². The summed E-state index contributed by atoms with van der Waals surface area (Å²) in [6.45, 7) is 2.89. The minimum atomic E-state index is -0.214. The van der Waals surface area contributed by atoms with Crippen molar-refractivity contribution < 1.29 is 14.3 Å². The van der Waals surface area contributed by atoms with Gasteiger partial charge < -0.3 is 20.6 Å². The third kappa shape index (κ3) is 5.14. The fraction of sp³-hybridized carbons (Fsp3) is 0.167. The molecule has 0 fully saturated rings. The molecule has 35 heavy (non-hydrogen) atoms. The van der Waals surface area contributed by atoms with Crippen molar-refractivity contribution in [3.63, 3.8) is 0 Å². The highest BCUT2D eigenvalue weighted by atomic mass is 32.2. The number of rotatable bonds is 7. The maximum Gasteiger partial charge on any atom is 0.264 e. The number of hydrogen-bond acceptors (Lipinski definition) is 9. The molecule has 10 nitrogen and oxygen atoms in total. The summed E-state index contributed by atoms with van der Waals surface area (Å²) in [7, 11) is 0. The highest BCUT2D eigenvalue weighted by Gasteiger charge is 2.15. The number of nitrogens with zero attached hydrogens (tertiary/aromatic N) is 4. The maximum absolute atomic E-state index is 12.4. The number of aromatic nitrogens is 3. The van der Waals surface area contributed by atoms with Gasteiger partial charge in [0.25, 0.3) is 5.95 Å². The van der Waals surface area contributed by atoms with Crippen LogP contribution in [0, 0.1) is 0 Å². The lowest BCUT2D eigenvalue weighted by Crippen LogP contribution is -2.18. The van der Waals surface area contributed by atoms with Crippen LogP contribution in [0.25, 0.3) is 10.8 Å². The largest absolute Gasteiger partial charge is 0.486 e. The van der Waals surface area contributed by atoms with Gasteiger partial charge in [-0.2, -0.15) is 5.10 Å².